The van der Waals surface area contributed by atoms with Crippen molar-refractivity contribution in [2.45, 2.75) is 0 Å². The highest BCUT2D eigenvalue weighted by atomic mass is 79.9. The lowest BCUT2D eigenvalue weighted by atomic mass is 10.3. The minimum Gasteiger partial charge on any atom is -0.480 e. The van der Waals surface area contributed by atoms with Crippen LogP contribution >= 0.6 is 31.9 Å². The zero-order valence-corrected chi connectivity index (χ0v) is 13.9. The fourth-order valence-electron chi connectivity index (χ4n) is 1.62. The van der Waals surface area contributed by atoms with Gasteiger partial charge in [0, 0.05) is 10.5 Å². The Hall–Kier alpha value is -1.60. The van der Waals surface area contributed by atoms with Gasteiger partial charge in [0.05, 0.1) is 15.8 Å². The monoisotopic (exact) mass is 416 g/mol. The molecule has 0 aliphatic carbocycles. The summed E-state index contributed by atoms with van der Waals surface area (Å²) in [4.78, 5) is 11.8. The highest BCUT2D eigenvalue weighted by molar-refractivity contribution is 9.11. The lowest BCUT2D eigenvalue weighted by Gasteiger charge is -2.11. The second kappa shape index (κ2) is 6.91. The van der Waals surface area contributed by atoms with Crippen LogP contribution in [0, 0.1) is 5.82 Å². The number of halogens is 3. The fraction of sp³-hybridized carbons (Fsp3) is 0.0714. The summed E-state index contributed by atoms with van der Waals surface area (Å²) in [5, 5.41) is 2.69. The SMILES string of the molecule is Nc1cc(F)cc(Br)c1OCC(=O)Nc1ccccc1Br. The average molecular weight is 418 g/mol. The molecule has 2 rings (SSSR count). The summed E-state index contributed by atoms with van der Waals surface area (Å²) in [6.45, 7) is -0.240. The summed E-state index contributed by atoms with van der Waals surface area (Å²) < 4.78 is 19.5. The maximum Gasteiger partial charge on any atom is 0.262 e. The van der Waals surface area contributed by atoms with Crippen molar-refractivity contribution in [3.8, 4) is 5.75 Å². The molecule has 0 atom stereocenters. The minimum absolute atomic E-state index is 0.121. The molecule has 110 valence electrons. The molecule has 0 aliphatic heterocycles. The van der Waals surface area contributed by atoms with Gasteiger partial charge in [0.25, 0.3) is 5.91 Å². The molecular weight excluding hydrogens is 407 g/mol. The normalized spacial score (nSPS) is 10.2. The summed E-state index contributed by atoms with van der Waals surface area (Å²) in [5.74, 6) is -0.597. The zero-order chi connectivity index (χ0) is 15.4. The van der Waals surface area contributed by atoms with Gasteiger partial charge in [-0.05, 0) is 50.1 Å². The van der Waals surface area contributed by atoms with Gasteiger partial charge >= 0.3 is 0 Å². The number of anilines is 2. The van der Waals surface area contributed by atoms with Crippen LogP contribution in [-0.4, -0.2) is 12.5 Å². The van der Waals surface area contributed by atoms with Crippen molar-refractivity contribution in [3.63, 3.8) is 0 Å². The second-order valence-corrected chi connectivity index (χ2v) is 5.83. The maximum absolute atomic E-state index is 13.1. The van der Waals surface area contributed by atoms with E-state index in [4.69, 9.17) is 10.5 Å². The molecule has 0 heterocycles. The number of nitrogen functional groups attached to an aromatic ring is 1. The summed E-state index contributed by atoms with van der Waals surface area (Å²) >= 11 is 6.47. The maximum atomic E-state index is 13.1. The number of amides is 1. The highest BCUT2D eigenvalue weighted by Gasteiger charge is 2.11. The number of nitrogens with two attached hydrogens (primary N) is 1. The Morgan fingerprint density at radius 2 is 1.95 bits per heavy atom. The topological polar surface area (TPSA) is 64.3 Å². The van der Waals surface area contributed by atoms with Crippen molar-refractivity contribution < 1.29 is 13.9 Å². The smallest absolute Gasteiger partial charge is 0.262 e. The van der Waals surface area contributed by atoms with E-state index in [1.54, 1.807) is 12.1 Å². The van der Waals surface area contributed by atoms with Crippen LogP contribution in [0.4, 0.5) is 15.8 Å². The summed E-state index contributed by atoms with van der Waals surface area (Å²) in [5.41, 5.74) is 6.41. The number of hydrogen-bond acceptors (Lipinski definition) is 3. The number of para-hydroxylation sites is 1. The van der Waals surface area contributed by atoms with E-state index < -0.39 is 5.82 Å². The third kappa shape index (κ3) is 4.18. The van der Waals surface area contributed by atoms with Gasteiger partial charge in [-0.2, -0.15) is 0 Å². The van der Waals surface area contributed by atoms with E-state index in [9.17, 15) is 9.18 Å². The molecule has 0 unspecified atom stereocenters. The van der Waals surface area contributed by atoms with Gasteiger partial charge in [0.2, 0.25) is 0 Å². The standard InChI is InChI=1S/C14H11Br2FN2O2/c15-9-3-1-2-4-12(9)19-13(20)7-21-14-10(16)5-8(17)6-11(14)18/h1-6H,7,18H2,(H,19,20). The molecule has 21 heavy (non-hydrogen) atoms. The number of ether oxygens (including phenoxy) is 1. The molecule has 4 nitrogen and oxygen atoms in total. The first-order chi connectivity index (χ1) is 9.97. The van der Waals surface area contributed by atoms with Crippen LogP contribution in [0.3, 0.4) is 0 Å². The molecule has 0 spiro atoms. The molecular formula is C14H11Br2FN2O2. The average Bonchev–Trinajstić information content (AvgIpc) is 2.40. The third-order valence-corrected chi connectivity index (χ3v) is 3.81. The van der Waals surface area contributed by atoms with Gasteiger partial charge < -0.3 is 15.8 Å². The predicted octanol–water partition coefficient (Wildman–Crippen LogP) is 3.95. The molecule has 2 aromatic carbocycles. The van der Waals surface area contributed by atoms with Crippen molar-refractivity contribution in [3.05, 3.63) is 51.2 Å². The predicted molar refractivity (Wildman–Crippen MR) is 86.8 cm³/mol. The number of carbonyl (C=O) groups is 1. The van der Waals surface area contributed by atoms with Crippen molar-refractivity contribution in [1.29, 1.82) is 0 Å². The van der Waals surface area contributed by atoms with E-state index >= 15 is 0 Å². The van der Waals surface area contributed by atoms with E-state index in [0.717, 1.165) is 10.5 Å². The first-order valence-corrected chi connectivity index (χ1v) is 7.47. The molecule has 0 aromatic heterocycles. The van der Waals surface area contributed by atoms with Crippen molar-refractivity contribution in [1.82, 2.24) is 0 Å². The van der Waals surface area contributed by atoms with Crippen LogP contribution in [0.5, 0.6) is 5.75 Å². The zero-order valence-electron chi connectivity index (χ0n) is 10.7. The summed E-state index contributed by atoms with van der Waals surface area (Å²) in [6, 6.07) is 9.56. The molecule has 0 saturated heterocycles. The Morgan fingerprint density at radius 3 is 2.62 bits per heavy atom. The van der Waals surface area contributed by atoms with Crippen LogP contribution in [0.25, 0.3) is 0 Å². The quantitative estimate of drug-likeness (QED) is 0.740. The fourth-order valence-corrected chi connectivity index (χ4v) is 2.57. The summed E-state index contributed by atoms with van der Waals surface area (Å²) in [6.07, 6.45) is 0. The Labute approximate surface area is 137 Å². The molecule has 7 heteroatoms. The van der Waals surface area contributed by atoms with E-state index in [-0.39, 0.29) is 24.0 Å². The molecule has 0 bridgehead atoms. The van der Waals surface area contributed by atoms with Crippen molar-refractivity contribution in [2.24, 2.45) is 0 Å². The Kier molecular flexibility index (Phi) is 5.19. The first-order valence-electron chi connectivity index (χ1n) is 5.89. The van der Waals surface area contributed by atoms with Crippen LogP contribution in [-0.2, 0) is 4.79 Å². The Balaban J connectivity index is 2.01. The van der Waals surface area contributed by atoms with Crippen LogP contribution in [0.1, 0.15) is 0 Å². The van der Waals surface area contributed by atoms with Gasteiger partial charge in [-0.15, -0.1) is 0 Å². The summed E-state index contributed by atoms with van der Waals surface area (Å²) in [7, 11) is 0. The highest BCUT2D eigenvalue weighted by Crippen LogP contribution is 2.32. The van der Waals surface area contributed by atoms with Crippen LogP contribution in [0.15, 0.2) is 45.3 Å². The Morgan fingerprint density at radius 1 is 1.24 bits per heavy atom. The second-order valence-electron chi connectivity index (χ2n) is 4.12. The van der Waals surface area contributed by atoms with E-state index in [1.807, 2.05) is 12.1 Å². The molecule has 3 N–H and O–H groups in total. The van der Waals surface area contributed by atoms with Gasteiger partial charge in [-0.3, -0.25) is 4.79 Å². The van der Waals surface area contributed by atoms with Crippen molar-refractivity contribution >= 4 is 49.1 Å². The largest absolute Gasteiger partial charge is 0.480 e. The van der Waals surface area contributed by atoms with E-state index in [1.165, 1.54) is 6.07 Å². The number of nitrogens with one attached hydrogen (secondary N) is 1. The van der Waals surface area contributed by atoms with E-state index in [2.05, 4.69) is 37.2 Å². The molecule has 0 radical (unpaired) electrons. The van der Waals surface area contributed by atoms with Gasteiger partial charge in [-0.25, -0.2) is 4.39 Å². The van der Waals surface area contributed by atoms with Crippen LogP contribution in [0.2, 0.25) is 0 Å². The third-order valence-electron chi connectivity index (χ3n) is 2.53. The molecule has 0 aliphatic rings. The number of carbonyl (C=O) groups excluding carboxylic acids is 1. The van der Waals surface area contributed by atoms with Gasteiger partial charge in [0.1, 0.15) is 5.82 Å². The first kappa shape index (κ1) is 15.8. The number of rotatable bonds is 4. The number of hydrogen-bond donors (Lipinski definition) is 2. The molecule has 0 saturated carbocycles. The Bertz CT molecular complexity index is 657. The lowest BCUT2D eigenvalue weighted by Crippen LogP contribution is -2.20. The van der Waals surface area contributed by atoms with Gasteiger partial charge in [0.15, 0.2) is 12.4 Å². The molecule has 0 fully saturated rings. The van der Waals surface area contributed by atoms with Crippen LogP contribution < -0.4 is 15.8 Å². The minimum atomic E-state index is -0.482. The molecule has 2 aromatic rings. The lowest BCUT2D eigenvalue weighted by molar-refractivity contribution is -0.118. The van der Waals surface area contributed by atoms with Crippen molar-refractivity contribution in [2.75, 3.05) is 17.7 Å². The molecule has 1 amide bonds. The van der Waals surface area contributed by atoms with Gasteiger partial charge in [-0.1, -0.05) is 12.1 Å². The number of benzene rings is 2. The van der Waals surface area contributed by atoms with E-state index in [0.29, 0.717) is 10.2 Å².